The maximum absolute atomic E-state index is 12.9. The molecule has 9 heteroatoms. The first kappa shape index (κ1) is 19.1. The number of rotatable bonds is 6. The van der Waals surface area contributed by atoms with Crippen LogP contribution in [0.1, 0.15) is 23.3 Å². The van der Waals surface area contributed by atoms with E-state index in [2.05, 4.69) is 4.72 Å². The Morgan fingerprint density at radius 2 is 1.93 bits per heavy atom. The van der Waals surface area contributed by atoms with E-state index < -0.39 is 10.0 Å². The normalized spacial score (nSPS) is 16.4. The summed E-state index contributed by atoms with van der Waals surface area (Å²) in [5.74, 6) is 1.35. The standard InChI is InChI=1S/C19H22N2O5S2/c1-25-15-6-5-14(10-16(15)26-2)20-28(23,24)18-9-13-11-21(8-7-17(13)27-18)19(22)12-3-4-12/h5-6,9-10,12,20H,3-4,7-8,11H2,1-2H3. The number of ether oxygens (including phenoxy) is 2. The van der Waals surface area contributed by atoms with Crippen molar-refractivity contribution in [2.75, 3.05) is 25.5 Å². The third kappa shape index (κ3) is 3.68. The third-order valence-electron chi connectivity index (χ3n) is 4.98. The number of hydrogen-bond acceptors (Lipinski definition) is 6. The van der Waals surface area contributed by atoms with Gasteiger partial charge in [0.15, 0.2) is 11.5 Å². The highest BCUT2D eigenvalue weighted by Gasteiger charge is 2.35. The van der Waals surface area contributed by atoms with E-state index in [0.717, 1.165) is 23.3 Å². The minimum atomic E-state index is -3.72. The van der Waals surface area contributed by atoms with Crippen molar-refractivity contribution < 1.29 is 22.7 Å². The minimum Gasteiger partial charge on any atom is -0.493 e. The summed E-state index contributed by atoms with van der Waals surface area (Å²) in [6.45, 7) is 1.15. The summed E-state index contributed by atoms with van der Waals surface area (Å²) in [4.78, 5) is 15.2. The van der Waals surface area contributed by atoms with Crippen molar-refractivity contribution in [3.63, 3.8) is 0 Å². The molecule has 1 aromatic heterocycles. The van der Waals surface area contributed by atoms with Gasteiger partial charge in [-0.2, -0.15) is 0 Å². The Kier molecular flexibility index (Phi) is 4.96. The fourth-order valence-electron chi connectivity index (χ4n) is 3.32. The van der Waals surface area contributed by atoms with Crippen LogP contribution < -0.4 is 14.2 Å². The molecular weight excluding hydrogens is 400 g/mol. The van der Waals surface area contributed by atoms with Gasteiger partial charge in [-0.25, -0.2) is 8.42 Å². The quantitative estimate of drug-likeness (QED) is 0.774. The molecule has 4 rings (SSSR count). The molecule has 1 fully saturated rings. The average molecular weight is 423 g/mol. The van der Waals surface area contributed by atoms with Gasteiger partial charge in [0.05, 0.1) is 19.9 Å². The first-order valence-electron chi connectivity index (χ1n) is 9.06. The topological polar surface area (TPSA) is 84.9 Å². The summed E-state index contributed by atoms with van der Waals surface area (Å²) < 4.78 is 39.0. The molecule has 0 spiro atoms. The summed E-state index contributed by atoms with van der Waals surface area (Å²) >= 11 is 1.27. The van der Waals surface area contributed by atoms with Crippen LogP contribution in [0.25, 0.3) is 0 Å². The number of anilines is 1. The van der Waals surface area contributed by atoms with Gasteiger partial charge < -0.3 is 14.4 Å². The number of benzene rings is 1. The number of amides is 1. The molecule has 1 N–H and O–H groups in total. The molecule has 1 aromatic carbocycles. The summed E-state index contributed by atoms with van der Waals surface area (Å²) in [6, 6.07) is 6.55. The first-order valence-corrected chi connectivity index (χ1v) is 11.4. The molecule has 0 unspecified atom stereocenters. The van der Waals surface area contributed by atoms with Gasteiger partial charge in [0.25, 0.3) is 10.0 Å². The Morgan fingerprint density at radius 3 is 2.61 bits per heavy atom. The van der Waals surface area contributed by atoms with Gasteiger partial charge in [-0.05, 0) is 43.0 Å². The lowest BCUT2D eigenvalue weighted by molar-refractivity contribution is -0.133. The van der Waals surface area contributed by atoms with E-state index in [4.69, 9.17) is 9.47 Å². The van der Waals surface area contributed by atoms with Crippen LogP contribution in [-0.4, -0.2) is 40.0 Å². The SMILES string of the molecule is COc1ccc(NS(=O)(=O)c2cc3c(s2)CCN(C(=O)C2CC2)C3)cc1OC. The second-order valence-electron chi connectivity index (χ2n) is 6.97. The summed E-state index contributed by atoms with van der Waals surface area (Å²) in [5.41, 5.74) is 1.33. The number of nitrogens with one attached hydrogen (secondary N) is 1. The molecule has 1 saturated carbocycles. The van der Waals surface area contributed by atoms with E-state index in [1.54, 1.807) is 24.3 Å². The Bertz CT molecular complexity index is 1010. The van der Waals surface area contributed by atoms with E-state index in [9.17, 15) is 13.2 Å². The molecule has 1 aliphatic heterocycles. The van der Waals surface area contributed by atoms with Gasteiger partial charge in [0.2, 0.25) is 5.91 Å². The van der Waals surface area contributed by atoms with Crippen molar-refractivity contribution in [3.05, 3.63) is 34.7 Å². The highest BCUT2D eigenvalue weighted by Crippen LogP contribution is 2.36. The van der Waals surface area contributed by atoms with Crippen LogP contribution in [-0.2, 0) is 27.8 Å². The summed E-state index contributed by atoms with van der Waals surface area (Å²) in [5, 5.41) is 0. The number of methoxy groups -OCH3 is 2. The van der Waals surface area contributed by atoms with E-state index in [1.165, 1.54) is 25.6 Å². The molecule has 7 nitrogen and oxygen atoms in total. The Hall–Kier alpha value is -2.26. The predicted molar refractivity (Wildman–Crippen MR) is 107 cm³/mol. The molecule has 1 amide bonds. The van der Waals surface area contributed by atoms with E-state index in [0.29, 0.717) is 36.7 Å². The van der Waals surface area contributed by atoms with Crippen molar-refractivity contribution in [2.45, 2.75) is 30.0 Å². The number of nitrogens with zero attached hydrogens (tertiary/aromatic N) is 1. The minimum absolute atomic E-state index is 0.176. The summed E-state index contributed by atoms with van der Waals surface area (Å²) in [7, 11) is -0.704. The van der Waals surface area contributed by atoms with Crippen LogP contribution in [0.4, 0.5) is 5.69 Å². The van der Waals surface area contributed by atoms with Crippen LogP contribution in [0, 0.1) is 5.92 Å². The average Bonchev–Trinajstić information content (AvgIpc) is 3.44. The maximum Gasteiger partial charge on any atom is 0.271 e. The summed E-state index contributed by atoms with van der Waals surface area (Å²) in [6.07, 6.45) is 2.64. The number of hydrogen-bond donors (Lipinski definition) is 1. The first-order chi connectivity index (χ1) is 13.4. The monoisotopic (exact) mass is 422 g/mol. The van der Waals surface area contributed by atoms with E-state index >= 15 is 0 Å². The van der Waals surface area contributed by atoms with Gasteiger partial charge in [-0.15, -0.1) is 11.3 Å². The van der Waals surface area contributed by atoms with Gasteiger partial charge >= 0.3 is 0 Å². The maximum atomic E-state index is 12.9. The largest absolute Gasteiger partial charge is 0.493 e. The molecule has 0 saturated heterocycles. The van der Waals surface area contributed by atoms with Crippen molar-refractivity contribution in [2.24, 2.45) is 5.92 Å². The zero-order chi connectivity index (χ0) is 19.9. The highest BCUT2D eigenvalue weighted by atomic mass is 32.2. The molecule has 1 aliphatic carbocycles. The second-order valence-corrected chi connectivity index (χ2v) is 10.0. The zero-order valence-electron chi connectivity index (χ0n) is 15.7. The number of fused-ring (bicyclic) bond motifs is 1. The molecule has 2 heterocycles. The van der Waals surface area contributed by atoms with Crippen LogP contribution in [0.5, 0.6) is 11.5 Å². The van der Waals surface area contributed by atoms with Gasteiger partial charge in [0.1, 0.15) is 4.21 Å². The fourth-order valence-corrected chi connectivity index (χ4v) is 5.91. The lowest BCUT2D eigenvalue weighted by Gasteiger charge is -2.26. The highest BCUT2D eigenvalue weighted by molar-refractivity contribution is 7.94. The molecule has 2 aromatic rings. The fraction of sp³-hybridized carbons (Fsp3) is 0.421. The Labute approximate surface area is 168 Å². The van der Waals surface area contributed by atoms with Crippen molar-refractivity contribution in [1.29, 1.82) is 0 Å². The third-order valence-corrected chi connectivity index (χ3v) is 8.07. The second kappa shape index (κ2) is 7.29. The van der Waals surface area contributed by atoms with E-state index in [1.807, 2.05) is 4.90 Å². The Morgan fingerprint density at radius 1 is 1.18 bits per heavy atom. The van der Waals surface area contributed by atoms with Crippen molar-refractivity contribution >= 4 is 33.0 Å². The lowest BCUT2D eigenvalue weighted by atomic mass is 10.1. The smallest absolute Gasteiger partial charge is 0.271 e. The van der Waals surface area contributed by atoms with Crippen molar-refractivity contribution in [1.82, 2.24) is 4.90 Å². The molecular formula is C19H22N2O5S2. The molecule has 28 heavy (non-hydrogen) atoms. The number of thiophene rings is 1. The van der Waals surface area contributed by atoms with Gasteiger partial charge in [-0.3, -0.25) is 9.52 Å². The zero-order valence-corrected chi connectivity index (χ0v) is 17.4. The van der Waals surface area contributed by atoms with Crippen LogP contribution in [0.3, 0.4) is 0 Å². The van der Waals surface area contributed by atoms with Gasteiger partial charge in [-0.1, -0.05) is 0 Å². The Balaban J connectivity index is 1.53. The van der Waals surface area contributed by atoms with Crippen LogP contribution in [0.2, 0.25) is 0 Å². The van der Waals surface area contributed by atoms with Crippen LogP contribution >= 0.6 is 11.3 Å². The predicted octanol–water partition coefficient (Wildman–Crippen LogP) is 2.86. The molecule has 0 atom stereocenters. The van der Waals surface area contributed by atoms with Crippen molar-refractivity contribution in [3.8, 4) is 11.5 Å². The molecule has 2 aliphatic rings. The molecule has 0 bridgehead atoms. The van der Waals surface area contributed by atoms with Gasteiger partial charge in [0, 0.05) is 30.0 Å². The molecule has 150 valence electrons. The van der Waals surface area contributed by atoms with Crippen LogP contribution in [0.15, 0.2) is 28.5 Å². The number of carbonyl (C=O) groups is 1. The number of carbonyl (C=O) groups excluding carboxylic acids is 1. The molecule has 0 radical (unpaired) electrons. The van der Waals surface area contributed by atoms with E-state index in [-0.39, 0.29) is 16.0 Å². The number of sulfonamides is 1. The lowest BCUT2D eigenvalue weighted by Crippen LogP contribution is -2.36.